The predicted octanol–water partition coefficient (Wildman–Crippen LogP) is 1.67. The van der Waals surface area contributed by atoms with E-state index in [1.54, 1.807) is 0 Å². The Balaban J connectivity index is 2.76. The molecule has 66 valence electrons. The van der Waals surface area contributed by atoms with Gasteiger partial charge in [-0.05, 0) is 12.1 Å². The highest BCUT2D eigenvalue weighted by molar-refractivity contribution is 5.99. The van der Waals surface area contributed by atoms with Crippen LogP contribution in [0.4, 0.5) is 4.39 Å². The van der Waals surface area contributed by atoms with Crippen LogP contribution in [0, 0.1) is 5.82 Å². The number of carboxylic acid groups (broad SMARTS) is 1. The zero-order chi connectivity index (χ0) is 9.42. The van der Waals surface area contributed by atoms with Crippen LogP contribution in [0.3, 0.4) is 0 Å². The van der Waals surface area contributed by atoms with Crippen molar-refractivity contribution in [1.82, 2.24) is 5.16 Å². The fourth-order valence-electron chi connectivity index (χ4n) is 1.07. The van der Waals surface area contributed by atoms with E-state index in [0.29, 0.717) is 5.39 Å². The van der Waals surface area contributed by atoms with Crippen molar-refractivity contribution in [3.05, 3.63) is 29.8 Å². The van der Waals surface area contributed by atoms with Crippen molar-refractivity contribution < 1.29 is 18.8 Å². The van der Waals surface area contributed by atoms with Crippen LogP contribution in [-0.4, -0.2) is 16.2 Å². The smallest absolute Gasteiger partial charge is 0.375 e. The minimum Gasteiger partial charge on any atom is -0.475 e. The first-order valence-corrected chi connectivity index (χ1v) is 3.47. The number of hydrogen-bond donors (Lipinski definition) is 1. The van der Waals surface area contributed by atoms with E-state index in [9.17, 15) is 9.18 Å². The van der Waals surface area contributed by atoms with E-state index in [1.807, 2.05) is 0 Å². The lowest BCUT2D eigenvalue weighted by molar-refractivity contribution is 0.0655. The van der Waals surface area contributed by atoms with Gasteiger partial charge < -0.3 is 9.63 Å². The quantitative estimate of drug-likeness (QED) is 0.726. The molecule has 4 nitrogen and oxygen atoms in total. The predicted molar refractivity (Wildman–Crippen MR) is 40.9 cm³/mol. The minimum absolute atomic E-state index is 0.206. The van der Waals surface area contributed by atoms with Crippen molar-refractivity contribution >= 4 is 16.9 Å². The fourth-order valence-corrected chi connectivity index (χ4v) is 1.07. The number of aromatic nitrogens is 1. The van der Waals surface area contributed by atoms with Gasteiger partial charge in [-0.15, -0.1) is 0 Å². The number of hydrogen-bond acceptors (Lipinski definition) is 3. The number of fused-ring (bicyclic) bond motifs is 1. The van der Waals surface area contributed by atoms with Crippen LogP contribution in [0.5, 0.6) is 0 Å². The molecular weight excluding hydrogens is 177 g/mol. The first kappa shape index (κ1) is 7.72. The lowest BCUT2D eigenvalue weighted by Gasteiger charge is -1.87. The molecule has 1 N–H and O–H groups in total. The third-order valence-electron chi connectivity index (χ3n) is 1.63. The fraction of sp³-hybridized carbons (Fsp3) is 0. The summed E-state index contributed by atoms with van der Waals surface area (Å²) >= 11 is 0. The summed E-state index contributed by atoms with van der Waals surface area (Å²) in [5, 5.41) is 12.3. The molecule has 13 heavy (non-hydrogen) atoms. The van der Waals surface area contributed by atoms with Crippen molar-refractivity contribution in [2.75, 3.05) is 0 Å². The van der Waals surface area contributed by atoms with Gasteiger partial charge in [0.05, 0.1) is 5.39 Å². The lowest BCUT2D eigenvalue weighted by Crippen LogP contribution is -1.93. The summed E-state index contributed by atoms with van der Waals surface area (Å²) in [7, 11) is 0. The third-order valence-corrected chi connectivity index (χ3v) is 1.63. The molecule has 1 aromatic carbocycles. The number of benzene rings is 1. The van der Waals surface area contributed by atoms with Gasteiger partial charge in [0.2, 0.25) is 0 Å². The van der Waals surface area contributed by atoms with Gasteiger partial charge in [0.15, 0.2) is 0 Å². The van der Waals surface area contributed by atoms with E-state index in [0.717, 1.165) is 12.1 Å². The van der Waals surface area contributed by atoms with Crippen molar-refractivity contribution in [2.45, 2.75) is 0 Å². The summed E-state index contributed by atoms with van der Waals surface area (Å²) in [4.78, 5) is 10.5. The highest BCUT2D eigenvalue weighted by Gasteiger charge is 2.14. The number of carboxylic acids is 1. The molecule has 2 aromatic rings. The van der Waals surface area contributed by atoms with E-state index < -0.39 is 11.8 Å². The van der Waals surface area contributed by atoms with Gasteiger partial charge in [-0.25, -0.2) is 9.18 Å². The largest absolute Gasteiger partial charge is 0.475 e. The molecule has 0 bridgehead atoms. The Bertz CT molecular complexity index is 477. The first-order valence-electron chi connectivity index (χ1n) is 3.47. The van der Waals surface area contributed by atoms with E-state index in [4.69, 9.17) is 5.11 Å². The van der Waals surface area contributed by atoms with Crippen LogP contribution in [0.25, 0.3) is 10.9 Å². The zero-order valence-corrected chi connectivity index (χ0v) is 6.32. The summed E-state index contributed by atoms with van der Waals surface area (Å²) in [6.45, 7) is 0. The van der Waals surface area contributed by atoms with Crippen molar-refractivity contribution in [1.29, 1.82) is 0 Å². The van der Waals surface area contributed by atoms with Crippen molar-refractivity contribution in [3.63, 3.8) is 0 Å². The summed E-state index contributed by atoms with van der Waals surface area (Å²) in [5.74, 6) is -1.96. The van der Waals surface area contributed by atoms with E-state index in [-0.39, 0.29) is 11.3 Å². The van der Waals surface area contributed by atoms with E-state index in [2.05, 4.69) is 9.68 Å². The lowest BCUT2D eigenvalue weighted by atomic mass is 10.2. The Hall–Kier alpha value is -1.91. The minimum atomic E-state index is -1.21. The number of halogens is 1. The third kappa shape index (κ3) is 1.14. The Morgan fingerprint density at radius 3 is 3.00 bits per heavy atom. The van der Waals surface area contributed by atoms with Gasteiger partial charge >= 0.3 is 5.97 Å². The Morgan fingerprint density at radius 1 is 1.54 bits per heavy atom. The van der Waals surface area contributed by atoms with Crippen molar-refractivity contribution in [2.24, 2.45) is 0 Å². The maximum Gasteiger partial charge on any atom is 0.375 e. The van der Waals surface area contributed by atoms with Crippen LogP contribution in [-0.2, 0) is 0 Å². The van der Waals surface area contributed by atoms with Gasteiger partial charge in [0.25, 0.3) is 5.76 Å². The van der Waals surface area contributed by atoms with Crippen LogP contribution >= 0.6 is 0 Å². The number of rotatable bonds is 1. The maximum atomic E-state index is 12.6. The second-order valence-corrected chi connectivity index (χ2v) is 2.48. The molecule has 5 heteroatoms. The number of nitrogens with zero attached hydrogens (tertiary/aromatic N) is 1. The second-order valence-electron chi connectivity index (χ2n) is 2.48. The van der Waals surface area contributed by atoms with E-state index >= 15 is 0 Å². The molecule has 0 amide bonds. The maximum absolute atomic E-state index is 12.6. The van der Waals surface area contributed by atoms with Crippen LogP contribution < -0.4 is 0 Å². The molecule has 1 aromatic heterocycles. The van der Waals surface area contributed by atoms with Gasteiger partial charge in [-0.2, -0.15) is 0 Å². The first-order chi connectivity index (χ1) is 6.18. The molecule has 0 spiro atoms. The molecular formula is C8H4FNO3. The molecule has 0 unspecified atom stereocenters. The zero-order valence-electron chi connectivity index (χ0n) is 6.32. The number of aromatic carboxylic acids is 1. The summed E-state index contributed by atoms with van der Waals surface area (Å²) in [5.41, 5.74) is 0.206. The van der Waals surface area contributed by atoms with Crippen molar-refractivity contribution in [3.8, 4) is 0 Å². The molecule has 0 saturated heterocycles. The standard InChI is InChI=1S/C8H4FNO3/c9-4-1-2-5-6(3-4)10-13-7(5)8(11)12/h1-3H,(H,11,12). The average molecular weight is 181 g/mol. The summed E-state index contributed by atoms with van der Waals surface area (Å²) in [6.07, 6.45) is 0. The highest BCUT2D eigenvalue weighted by Crippen LogP contribution is 2.18. The normalized spacial score (nSPS) is 10.5. The molecule has 0 aliphatic heterocycles. The Labute approximate surface area is 71.6 Å². The molecule has 0 atom stereocenters. The van der Waals surface area contributed by atoms with Gasteiger partial charge in [-0.1, -0.05) is 5.16 Å². The monoisotopic (exact) mass is 181 g/mol. The second kappa shape index (κ2) is 2.55. The molecule has 0 aliphatic carbocycles. The highest BCUT2D eigenvalue weighted by atomic mass is 19.1. The molecule has 0 fully saturated rings. The van der Waals surface area contributed by atoms with Crippen LogP contribution in [0.15, 0.2) is 22.7 Å². The van der Waals surface area contributed by atoms with Crippen LogP contribution in [0.1, 0.15) is 10.6 Å². The van der Waals surface area contributed by atoms with Gasteiger partial charge in [-0.3, -0.25) is 0 Å². The molecule has 1 heterocycles. The molecule has 2 rings (SSSR count). The Morgan fingerprint density at radius 2 is 2.31 bits per heavy atom. The SMILES string of the molecule is O=C(O)c1onc2cc(F)ccc12. The van der Waals surface area contributed by atoms with Gasteiger partial charge in [0.1, 0.15) is 11.3 Å². The molecule has 0 saturated carbocycles. The average Bonchev–Trinajstić information content (AvgIpc) is 2.46. The summed E-state index contributed by atoms with van der Waals surface area (Å²) in [6, 6.07) is 3.60. The Kier molecular flexibility index (Phi) is 1.51. The molecule has 0 radical (unpaired) electrons. The topological polar surface area (TPSA) is 63.3 Å². The molecule has 0 aliphatic rings. The van der Waals surface area contributed by atoms with Gasteiger partial charge in [0, 0.05) is 6.07 Å². The number of carbonyl (C=O) groups is 1. The van der Waals surface area contributed by atoms with E-state index in [1.165, 1.54) is 6.07 Å². The summed E-state index contributed by atoms with van der Waals surface area (Å²) < 4.78 is 17.1. The van der Waals surface area contributed by atoms with Crippen LogP contribution in [0.2, 0.25) is 0 Å².